The third-order valence-corrected chi connectivity index (χ3v) is 3.77. The van der Waals surface area contributed by atoms with E-state index in [9.17, 15) is 13.6 Å². The molecule has 110 valence electrons. The summed E-state index contributed by atoms with van der Waals surface area (Å²) < 4.78 is 26.8. The van der Waals surface area contributed by atoms with Gasteiger partial charge in [0.25, 0.3) is 0 Å². The standard InChI is InChI=1S/C15H20F2N2O/c1-11(12-3-2-4-13(16)15(12)17)5-6-14(20)19-9-7-18-8-10-19/h2-4,11,18H,5-10H2,1H3. The second-order valence-corrected chi connectivity index (χ2v) is 5.21. The van der Waals surface area contributed by atoms with Crippen LogP contribution in [0.1, 0.15) is 31.2 Å². The number of carbonyl (C=O) groups excluding carboxylic acids is 1. The first-order chi connectivity index (χ1) is 9.59. The minimum absolute atomic E-state index is 0.0927. The van der Waals surface area contributed by atoms with Crippen molar-refractivity contribution in [1.29, 1.82) is 0 Å². The summed E-state index contributed by atoms with van der Waals surface area (Å²) in [6.07, 6.45) is 0.903. The molecule has 0 saturated carbocycles. The van der Waals surface area contributed by atoms with Crippen LogP contribution in [0, 0.1) is 11.6 Å². The molecule has 1 fully saturated rings. The van der Waals surface area contributed by atoms with Gasteiger partial charge in [0, 0.05) is 32.6 Å². The van der Waals surface area contributed by atoms with Crippen molar-refractivity contribution in [2.24, 2.45) is 0 Å². The maximum Gasteiger partial charge on any atom is 0.222 e. The third-order valence-electron chi connectivity index (χ3n) is 3.77. The average molecular weight is 282 g/mol. The highest BCUT2D eigenvalue weighted by atomic mass is 19.2. The van der Waals surface area contributed by atoms with Crippen LogP contribution in [0.4, 0.5) is 8.78 Å². The van der Waals surface area contributed by atoms with Gasteiger partial charge < -0.3 is 10.2 Å². The largest absolute Gasteiger partial charge is 0.340 e. The highest BCUT2D eigenvalue weighted by Gasteiger charge is 2.19. The molecule has 1 unspecified atom stereocenters. The number of halogens is 2. The first-order valence-corrected chi connectivity index (χ1v) is 7.02. The van der Waals surface area contributed by atoms with Crippen LogP contribution >= 0.6 is 0 Å². The third kappa shape index (κ3) is 3.54. The van der Waals surface area contributed by atoms with Crippen molar-refractivity contribution in [3.8, 4) is 0 Å². The number of carbonyl (C=O) groups is 1. The van der Waals surface area contributed by atoms with Gasteiger partial charge in [0.2, 0.25) is 5.91 Å². The van der Waals surface area contributed by atoms with Gasteiger partial charge in [-0.2, -0.15) is 0 Å². The number of amides is 1. The van der Waals surface area contributed by atoms with E-state index < -0.39 is 11.6 Å². The highest BCUT2D eigenvalue weighted by molar-refractivity contribution is 5.76. The molecule has 2 rings (SSSR count). The lowest BCUT2D eigenvalue weighted by molar-refractivity contribution is -0.131. The number of nitrogens with zero attached hydrogens (tertiary/aromatic N) is 1. The first kappa shape index (κ1) is 14.9. The molecule has 0 bridgehead atoms. The minimum Gasteiger partial charge on any atom is -0.340 e. The molecule has 1 aromatic rings. The molecule has 1 aliphatic heterocycles. The van der Waals surface area contributed by atoms with Crippen LogP contribution in [0.2, 0.25) is 0 Å². The van der Waals surface area contributed by atoms with Crippen LogP contribution in [0.3, 0.4) is 0 Å². The second-order valence-electron chi connectivity index (χ2n) is 5.21. The zero-order chi connectivity index (χ0) is 14.5. The van der Waals surface area contributed by atoms with Crippen LogP contribution in [0.15, 0.2) is 18.2 Å². The molecule has 0 spiro atoms. The molecule has 1 heterocycles. The summed E-state index contributed by atoms with van der Waals surface area (Å²) in [7, 11) is 0. The SMILES string of the molecule is CC(CCC(=O)N1CCNCC1)c1cccc(F)c1F. The Bertz CT molecular complexity index is 473. The summed E-state index contributed by atoms with van der Waals surface area (Å²) in [6.45, 7) is 4.91. The van der Waals surface area contributed by atoms with Gasteiger partial charge >= 0.3 is 0 Å². The molecule has 1 saturated heterocycles. The fraction of sp³-hybridized carbons (Fsp3) is 0.533. The van der Waals surface area contributed by atoms with Gasteiger partial charge in [0.1, 0.15) is 0 Å². The fourth-order valence-corrected chi connectivity index (χ4v) is 2.47. The summed E-state index contributed by atoms with van der Waals surface area (Å²) in [5, 5.41) is 3.19. The van der Waals surface area contributed by atoms with Gasteiger partial charge in [-0.25, -0.2) is 8.78 Å². The summed E-state index contributed by atoms with van der Waals surface area (Å²) in [5.74, 6) is -1.70. The van der Waals surface area contributed by atoms with E-state index in [-0.39, 0.29) is 11.8 Å². The van der Waals surface area contributed by atoms with Crippen molar-refractivity contribution in [3.05, 3.63) is 35.4 Å². The Morgan fingerprint density at radius 1 is 1.35 bits per heavy atom. The van der Waals surface area contributed by atoms with Crippen LogP contribution in [0.25, 0.3) is 0 Å². The van der Waals surface area contributed by atoms with Crippen molar-refractivity contribution >= 4 is 5.91 Å². The van der Waals surface area contributed by atoms with E-state index in [1.54, 1.807) is 6.07 Å². The Hall–Kier alpha value is -1.49. The van der Waals surface area contributed by atoms with Gasteiger partial charge in [-0.1, -0.05) is 19.1 Å². The van der Waals surface area contributed by atoms with Crippen LogP contribution < -0.4 is 5.32 Å². The Balaban J connectivity index is 1.89. The summed E-state index contributed by atoms with van der Waals surface area (Å²) in [6, 6.07) is 4.19. The van der Waals surface area contributed by atoms with Gasteiger partial charge in [-0.3, -0.25) is 4.79 Å². The molecule has 5 heteroatoms. The van der Waals surface area contributed by atoms with E-state index in [2.05, 4.69) is 5.32 Å². The van der Waals surface area contributed by atoms with Gasteiger partial charge in [-0.05, 0) is 24.0 Å². The van der Waals surface area contributed by atoms with Gasteiger partial charge in [0.15, 0.2) is 11.6 Å². The lowest BCUT2D eigenvalue weighted by atomic mass is 9.95. The van der Waals surface area contributed by atoms with Crippen LogP contribution in [0.5, 0.6) is 0 Å². The minimum atomic E-state index is -0.831. The van der Waals surface area contributed by atoms with Crippen molar-refractivity contribution < 1.29 is 13.6 Å². The monoisotopic (exact) mass is 282 g/mol. The van der Waals surface area contributed by atoms with Crippen molar-refractivity contribution in [3.63, 3.8) is 0 Å². The maximum atomic E-state index is 13.7. The van der Waals surface area contributed by atoms with Gasteiger partial charge in [-0.15, -0.1) is 0 Å². The summed E-state index contributed by atoms with van der Waals surface area (Å²) >= 11 is 0. The first-order valence-electron chi connectivity index (χ1n) is 7.02. The Labute approximate surface area is 118 Å². The topological polar surface area (TPSA) is 32.3 Å². The Morgan fingerprint density at radius 2 is 2.05 bits per heavy atom. The zero-order valence-electron chi connectivity index (χ0n) is 11.7. The number of hydrogen-bond acceptors (Lipinski definition) is 2. The summed E-state index contributed by atoms with van der Waals surface area (Å²) in [4.78, 5) is 13.8. The lowest BCUT2D eigenvalue weighted by Crippen LogP contribution is -2.46. The molecule has 1 aliphatic rings. The van der Waals surface area contributed by atoms with E-state index in [1.165, 1.54) is 6.07 Å². The predicted molar refractivity (Wildman–Crippen MR) is 73.5 cm³/mol. The van der Waals surface area contributed by atoms with Crippen LogP contribution in [-0.4, -0.2) is 37.0 Å². The molecule has 1 aromatic carbocycles. The molecule has 1 atom stereocenters. The normalized spacial score (nSPS) is 17.1. The Kier molecular flexibility index (Phi) is 5.06. The lowest BCUT2D eigenvalue weighted by Gasteiger charge is -2.28. The zero-order valence-corrected chi connectivity index (χ0v) is 11.7. The molecule has 0 aromatic heterocycles. The molecule has 1 N–H and O–H groups in total. The summed E-state index contributed by atoms with van der Waals surface area (Å²) in [5.41, 5.74) is 0.345. The predicted octanol–water partition coefficient (Wildman–Crippen LogP) is 2.28. The second kappa shape index (κ2) is 6.79. The molecule has 0 aliphatic carbocycles. The number of piperazine rings is 1. The van der Waals surface area contributed by atoms with E-state index in [4.69, 9.17) is 0 Å². The van der Waals surface area contributed by atoms with E-state index in [0.29, 0.717) is 18.4 Å². The number of rotatable bonds is 4. The average Bonchev–Trinajstić information content (AvgIpc) is 2.48. The number of benzene rings is 1. The quantitative estimate of drug-likeness (QED) is 0.919. The van der Waals surface area contributed by atoms with Crippen LogP contribution in [-0.2, 0) is 4.79 Å². The number of nitrogens with one attached hydrogen (secondary N) is 1. The highest BCUT2D eigenvalue weighted by Crippen LogP contribution is 2.25. The van der Waals surface area contributed by atoms with E-state index in [0.717, 1.165) is 32.2 Å². The Morgan fingerprint density at radius 3 is 2.75 bits per heavy atom. The maximum absolute atomic E-state index is 13.7. The van der Waals surface area contributed by atoms with E-state index in [1.807, 2.05) is 11.8 Å². The molecular weight excluding hydrogens is 262 g/mol. The number of hydrogen-bond donors (Lipinski definition) is 1. The molecule has 3 nitrogen and oxygen atoms in total. The van der Waals surface area contributed by atoms with Crippen molar-refractivity contribution in [2.75, 3.05) is 26.2 Å². The molecule has 0 radical (unpaired) electrons. The van der Waals surface area contributed by atoms with E-state index >= 15 is 0 Å². The molecule has 20 heavy (non-hydrogen) atoms. The smallest absolute Gasteiger partial charge is 0.222 e. The van der Waals surface area contributed by atoms with Gasteiger partial charge in [0.05, 0.1) is 0 Å². The molecular formula is C15H20F2N2O. The van der Waals surface area contributed by atoms with Crippen molar-refractivity contribution in [2.45, 2.75) is 25.7 Å². The fourth-order valence-electron chi connectivity index (χ4n) is 2.47. The molecule has 1 amide bonds. The van der Waals surface area contributed by atoms with Crippen molar-refractivity contribution in [1.82, 2.24) is 10.2 Å².